The molecule has 3 N–H and O–H groups in total. The van der Waals surface area contributed by atoms with Gasteiger partial charge in [-0.15, -0.1) is 0 Å². The SMILES string of the molecule is C=C(/C=C(\C=C/C)C(F)(F)F)[C@@H]1CCCCN1C(=O)C(=O)Nc1cncc(C(N)=O)c1. The van der Waals surface area contributed by atoms with Crippen molar-refractivity contribution in [3.8, 4) is 0 Å². The van der Waals surface area contributed by atoms with Crippen molar-refractivity contribution in [2.45, 2.75) is 38.4 Å². The molecule has 1 saturated heterocycles. The van der Waals surface area contributed by atoms with Gasteiger partial charge in [-0.2, -0.15) is 13.2 Å². The lowest BCUT2D eigenvalue weighted by atomic mass is 9.94. The number of amides is 3. The predicted octanol–water partition coefficient (Wildman–Crippen LogP) is 3.12. The van der Waals surface area contributed by atoms with E-state index in [1.807, 2.05) is 0 Å². The standard InChI is InChI=1S/C21H23F3N4O3/c1-3-6-15(21(22,23)24)9-13(2)17-7-4-5-8-28(17)20(31)19(30)27-16-10-14(18(25)29)11-26-12-16/h3,6,9-12,17H,2,4-5,7-8H2,1H3,(H2,25,29)(H,27,30)/b6-3-,15-9+/t17-/m0/s1. The fraction of sp³-hybridized carbons (Fsp3) is 0.333. The van der Waals surface area contributed by atoms with E-state index in [2.05, 4.69) is 16.9 Å². The molecule has 1 aromatic heterocycles. The molecule has 0 saturated carbocycles. The Morgan fingerprint density at radius 3 is 2.61 bits per heavy atom. The van der Waals surface area contributed by atoms with Crippen molar-refractivity contribution in [3.63, 3.8) is 0 Å². The van der Waals surface area contributed by atoms with Gasteiger partial charge in [0, 0.05) is 12.7 Å². The van der Waals surface area contributed by atoms with Gasteiger partial charge in [0.1, 0.15) is 0 Å². The fourth-order valence-corrected chi connectivity index (χ4v) is 3.22. The number of nitrogens with one attached hydrogen (secondary N) is 1. The number of halogens is 3. The van der Waals surface area contributed by atoms with Crippen LogP contribution >= 0.6 is 0 Å². The highest BCUT2D eigenvalue weighted by Crippen LogP contribution is 2.30. The number of aromatic nitrogens is 1. The highest BCUT2D eigenvalue weighted by Gasteiger charge is 2.35. The van der Waals surface area contributed by atoms with Gasteiger partial charge in [-0.05, 0) is 43.9 Å². The number of carbonyl (C=O) groups is 3. The normalized spacial score (nSPS) is 17.5. The maximum atomic E-state index is 13.2. The molecule has 0 spiro atoms. The number of alkyl halides is 3. The van der Waals surface area contributed by atoms with E-state index in [0.717, 1.165) is 12.2 Å². The number of primary amides is 1. The summed E-state index contributed by atoms with van der Waals surface area (Å²) < 4.78 is 39.6. The molecule has 0 aliphatic carbocycles. The molecule has 166 valence electrons. The van der Waals surface area contributed by atoms with Gasteiger partial charge >= 0.3 is 18.0 Å². The van der Waals surface area contributed by atoms with Gasteiger partial charge in [-0.3, -0.25) is 19.4 Å². The molecule has 31 heavy (non-hydrogen) atoms. The topological polar surface area (TPSA) is 105 Å². The van der Waals surface area contributed by atoms with Crippen LogP contribution in [0.2, 0.25) is 0 Å². The number of nitrogens with zero attached hydrogens (tertiary/aromatic N) is 2. The third kappa shape index (κ3) is 6.27. The predicted molar refractivity (Wildman–Crippen MR) is 109 cm³/mol. The second kappa shape index (κ2) is 10.1. The second-order valence-electron chi connectivity index (χ2n) is 6.96. The number of carbonyl (C=O) groups excluding carboxylic acids is 3. The number of pyridine rings is 1. The van der Waals surface area contributed by atoms with Crippen molar-refractivity contribution in [2.75, 3.05) is 11.9 Å². The summed E-state index contributed by atoms with van der Waals surface area (Å²) in [5, 5.41) is 2.34. The van der Waals surface area contributed by atoms with Gasteiger partial charge in [-0.25, -0.2) is 0 Å². The molecule has 3 amide bonds. The number of hydrogen-bond donors (Lipinski definition) is 2. The van der Waals surface area contributed by atoms with Crippen LogP contribution in [0.5, 0.6) is 0 Å². The number of hydrogen-bond acceptors (Lipinski definition) is 4. The van der Waals surface area contributed by atoms with Crippen LogP contribution in [0.4, 0.5) is 18.9 Å². The average molecular weight is 436 g/mol. The molecule has 2 rings (SSSR count). The number of nitrogens with two attached hydrogens (primary N) is 1. The third-order valence-corrected chi connectivity index (χ3v) is 4.68. The van der Waals surface area contributed by atoms with E-state index in [9.17, 15) is 27.6 Å². The van der Waals surface area contributed by atoms with Crippen LogP contribution in [-0.4, -0.2) is 46.4 Å². The van der Waals surface area contributed by atoms with E-state index in [1.54, 1.807) is 0 Å². The van der Waals surface area contributed by atoms with Gasteiger partial charge < -0.3 is 16.0 Å². The van der Waals surface area contributed by atoms with Crippen molar-refractivity contribution in [1.29, 1.82) is 0 Å². The lowest BCUT2D eigenvalue weighted by Gasteiger charge is -2.36. The Bertz CT molecular complexity index is 938. The van der Waals surface area contributed by atoms with E-state index in [1.165, 1.54) is 36.4 Å². The van der Waals surface area contributed by atoms with Gasteiger partial charge in [0.2, 0.25) is 5.91 Å². The summed E-state index contributed by atoms with van der Waals surface area (Å²) in [7, 11) is 0. The molecule has 10 heteroatoms. The Morgan fingerprint density at radius 2 is 2.00 bits per heavy atom. The minimum absolute atomic E-state index is 0.0447. The molecule has 0 radical (unpaired) electrons. The van der Waals surface area contributed by atoms with Crippen molar-refractivity contribution in [1.82, 2.24) is 9.88 Å². The minimum atomic E-state index is -4.57. The third-order valence-electron chi connectivity index (χ3n) is 4.68. The monoisotopic (exact) mass is 436 g/mol. The molecular formula is C21H23F3N4O3. The minimum Gasteiger partial charge on any atom is -0.366 e. The fourth-order valence-electron chi connectivity index (χ4n) is 3.22. The van der Waals surface area contributed by atoms with Crippen molar-refractivity contribution in [2.24, 2.45) is 5.73 Å². The summed E-state index contributed by atoms with van der Waals surface area (Å²) in [6.07, 6.45) is 2.62. The van der Waals surface area contributed by atoms with Crippen molar-refractivity contribution >= 4 is 23.4 Å². The van der Waals surface area contributed by atoms with E-state index in [-0.39, 0.29) is 23.4 Å². The summed E-state index contributed by atoms with van der Waals surface area (Å²) in [4.78, 5) is 41.4. The summed E-state index contributed by atoms with van der Waals surface area (Å²) in [5.74, 6) is -2.67. The Balaban J connectivity index is 2.21. The zero-order valence-corrected chi connectivity index (χ0v) is 16.9. The molecule has 0 aromatic carbocycles. The van der Waals surface area contributed by atoms with E-state index >= 15 is 0 Å². The zero-order chi connectivity index (χ0) is 23.2. The summed E-state index contributed by atoms with van der Waals surface area (Å²) >= 11 is 0. The van der Waals surface area contributed by atoms with Crippen LogP contribution in [0.25, 0.3) is 0 Å². The first-order chi connectivity index (χ1) is 14.5. The molecule has 1 aliphatic heterocycles. The van der Waals surface area contributed by atoms with Gasteiger partial charge in [-0.1, -0.05) is 18.7 Å². The Morgan fingerprint density at radius 1 is 1.29 bits per heavy atom. The van der Waals surface area contributed by atoms with Crippen LogP contribution in [-0.2, 0) is 9.59 Å². The summed E-state index contributed by atoms with van der Waals surface area (Å²) in [6.45, 7) is 5.39. The van der Waals surface area contributed by atoms with Crippen molar-refractivity contribution < 1.29 is 27.6 Å². The van der Waals surface area contributed by atoms with E-state index in [4.69, 9.17) is 5.73 Å². The Hall–Kier alpha value is -3.43. The number of anilines is 1. The van der Waals surface area contributed by atoms with Crippen molar-refractivity contribution in [3.05, 3.63) is 60.0 Å². The van der Waals surface area contributed by atoms with Crippen LogP contribution in [0, 0.1) is 0 Å². The Labute approximate surface area is 177 Å². The first-order valence-electron chi connectivity index (χ1n) is 9.51. The number of piperidine rings is 1. The van der Waals surface area contributed by atoms with Gasteiger partial charge in [0.05, 0.1) is 29.1 Å². The molecule has 0 unspecified atom stereocenters. The number of likely N-dealkylation sites (tertiary alicyclic amines) is 1. The van der Waals surface area contributed by atoms with E-state index < -0.39 is 35.5 Å². The number of allylic oxidation sites excluding steroid dienone is 3. The van der Waals surface area contributed by atoms with Crippen LogP contribution in [0.1, 0.15) is 36.5 Å². The highest BCUT2D eigenvalue weighted by atomic mass is 19.4. The van der Waals surface area contributed by atoms with Gasteiger partial charge in [0.15, 0.2) is 0 Å². The van der Waals surface area contributed by atoms with Crippen LogP contribution in [0.15, 0.2) is 54.4 Å². The lowest BCUT2D eigenvalue weighted by Crippen LogP contribution is -2.49. The quantitative estimate of drug-likeness (QED) is 0.546. The first kappa shape index (κ1) is 23.8. The maximum Gasteiger partial charge on any atom is 0.416 e. The van der Waals surface area contributed by atoms with E-state index in [0.29, 0.717) is 19.3 Å². The molecular weight excluding hydrogens is 413 g/mol. The highest BCUT2D eigenvalue weighted by molar-refractivity contribution is 6.39. The largest absolute Gasteiger partial charge is 0.416 e. The number of rotatable bonds is 5. The first-order valence-corrected chi connectivity index (χ1v) is 9.51. The van der Waals surface area contributed by atoms with Gasteiger partial charge in [0.25, 0.3) is 0 Å². The second-order valence-corrected chi connectivity index (χ2v) is 6.96. The maximum absolute atomic E-state index is 13.2. The molecule has 1 atom stereocenters. The molecule has 0 bridgehead atoms. The molecule has 1 aromatic rings. The van der Waals surface area contributed by atoms with Crippen LogP contribution < -0.4 is 11.1 Å². The smallest absolute Gasteiger partial charge is 0.366 e. The molecule has 1 fully saturated rings. The average Bonchev–Trinajstić information content (AvgIpc) is 2.72. The molecule has 2 heterocycles. The summed E-state index contributed by atoms with van der Waals surface area (Å²) in [5.41, 5.74) is 4.50. The molecule has 1 aliphatic rings. The van der Waals surface area contributed by atoms with Crippen LogP contribution in [0.3, 0.4) is 0 Å². The zero-order valence-electron chi connectivity index (χ0n) is 16.9. The Kier molecular flexibility index (Phi) is 7.73. The summed E-state index contributed by atoms with van der Waals surface area (Å²) in [6, 6.07) is 0.521. The molecule has 7 nitrogen and oxygen atoms in total. The lowest BCUT2D eigenvalue weighted by molar-refractivity contribution is -0.145.